The second-order valence-electron chi connectivity index (χ2n) is 6.30. The van der Waals surface area contributed by atoms with E-state index in [0.29, 0.717) is 30.4 Å². The number of aromatic nitrogens is 3. The fourth-order valence-electron chi connectivity index (χ4n) is 3.19. The number of carbonyl (C=O) groups excluding carboxylic acids is 1. The smallest absolute Gasteiger partial charge is 0.253 e. The summed E-state index contributed by atoms with van der Waals surface area (Å²) in [6.07, 6.45) is 2.67. The van der Waals surface area contributed by atoms with Gasteiger partial charge in [0.1, 0.15) is 5.82 Å². The summed E-state index contributed by atoms with van der Waals surface area (Å²) in [7, 11) is 0. The van der Waals surface area contributed by atoms with Gasteiger partial charge in [0.05, 0.1) is 6.61 Å². The number of benzene rings is 1. The summed E-state index contributed by atoms with van der Waals surface area (Å²) in [6.45, 7) is 1.71. The molecule has 2 aromatic rings. The summed E-state index contributed by atoms with van der Waals surface area (Å²) in [4.78, 5) is 12.5. The quantitative estimate of drug-likeness (QED) is 0.816. The third-order valence-corrected chi connectivity index (χ3v) is 4.91. The Bertz CT molecular complexity index is 809. The van der Waals surface area contributed by atoms with Gasteiger partial charge in [0.2, 0.25) is 0 Å². The first-order valence-electron chi connectivity index (χ1n) is 8.36. The highest BCUT2D eigenvalue weighted by Gasteiger charge is 2.29. The van der Waals surface area contributed by atoms with Crippen molar-refractivity contribution in [1.82, 2.24) is 20.1 Å². The Balaban J connectivity index is 1.40. The molecule has 0 saturated heterocycles. The van der Waals surface area contributed by atoms with Crippen molar-refractivity contribution in [1.29, 1.82) is 0 Å². The third-order valence-electron chi connectivity index (χ3n) is 4.60. The highest BCUT2D eigenvalue weighted by molar-refractivity contribution is 7.71. The van der Waals surface area contributed by atoms with E-state index in [1.165, 1.54) is 18.4 Å². The standard InChI is InChI=1S/C17H20N4O2S/c22-16(14-13-4-2-1-3-11(13)7-10-23-14)18-8-9-21-15(12-5-6-12)19-20-17(21)24/h1-4,12,14H,5-10H2,(H,18,22)(H,20,24). The molecule has 0 spiro atoms. The zero-order chi connectivity index (χ0) is 16.5. The Morgan fingerprint density at radius 2 is 2.25 bits per heavy atom. The van der Waals surface area contributed by atoms with E-state index < -0.39 is 6.10 Å². The number of hydrogen-bond donors (Lipinski definition) is 2. The predicted molar refractivity (Wildman–Crippen MR) is 91.2 cm³/mol. The van der Waals surface area contributed by atoms with Crippen molar-refractivity contribution in [2.75, 3.05) is 13.2 Å². The Morgan fingerprint density at radius 1 is 1.42 bits per heavy atom. The van der Waals surface area contributed by atoms with Crippen molar-refractivity contribution in [2.24, 2.45) is 0 Å². The first-order chi connectivity index (χ1) is 11.7. The van der Waals surface area contributed by atoms with Gasteiger partial charge in [-0.1, -0.05) is 24.3 Å². The summed E-state index contributed by atoms with van der Waals surface area (Å²) in [6, 6.07) is 7.97. The fourth-order valence-corrected chi connectivity index (χ4v) is 3.42. The lowest BCUT2D eigenvalue weighted by atomic mass is 9.97. The van der Waals surface area contributed by atoms with Gasteiger partial charge in [0.15, 0.2) is 10.9 Å². The molecule has 1 aromatic carbocycles. The van der Waals surface area contributed by atoms with E-state index in [1.54, 1.807) is 0 Å². The second kappa shape index (κ2) is 6.49. The molecule has 1 unspecified atom stereocenters. The van der Waals surface area contributed by atoms with Gasteiger partial charge in [-0.05, 0) is 42.6 Å². The van der Waals surface area contributed by atoms with Crippen LogP contribution in [0.15, 0.2) is 24.3 Å². The molecule has 1 fully saturated rings. The summed E-state index contributed by atoms with van der Waals surface area (Å²) in [5.74, 6) is 1.43. The molecule has 7 heteroatoms. The van der Waals surface area contributed by atoms with Crippen LogP contribution in [0, 0.1) is 4.77 Å². The maximum absolute atomic E-state index is 12.5. The van der Waals surface area contributed by atoms with Gasteiger partial charge >= 0.3 is 0 Å². The summed E-state index contributed by atoms with van der Waals surface area (Å²) >= 11 is 5.28. The summed E-state index contributed by atoms with van der Waals surface area (Å²) in [5, 5.41) is 10.1. The molecular weight excluding hydrogens is 324 g/mol. The number of nitrogens with one attached hydrogen (secondary N) is 2. The van der Waals surface area contributed by atoms with Gasteiger partial charge < -0.3 is 14.6 Å². The first kappa shape index (κ1) is 15.5. The molecule has 2 heterocycles. The van der Waals surface area contributed by atoms with Crippen LogP contribution in [0.25, 0.3) is 0 Å². The van der Waals surface area contributed by atoms with Crippen LogP contribution < -0.4 is 5.32 Å². The molecule has 2 aliphatic rings. The van der Waals surface area contributed by atoms with Gasteiger partial charge in [0.25, 0.3) is 5.91 Å². The molecule has 1 saturated carbocycles. The number of amides is 1. The van der Waals surface area contributed by atoms with E-state index in [1.807, 2.05) is 22.8 Å². The minimum absolute atomic E-state index is 0.0925. The molecule has 1 amide bonds. The minimum Gasteiger partial charge on any atom is -0.363 e. The molecule has 1 aliphatic carbocycles. The lowest BCUT2D eigenvalue weighted by Gasteiger charge is -2.25. The molecule has 24 heavy (non-hydrogen) atoms. The van der Waals surface area contributed by atoms with Crippen LogP contribution in [0.2, 0.25) is 0 Å². The maximum atomic E-state index is 12.5. The number of H-pyrrole nitrogens is 1. The zero-order valence-electron chi connectivity index (χ0n) is 13.3. The number of rotatable bonds is 5. The maximum Gasteiger partial charge on any atom is 0.253 e. The second-order valence-corrected chi connectivity index (χ2v) is 6.69. The number of ether oxygens (including phenoxy) is 1. The SMILES string of the molecule is O=C(NCCn1c(C2CC2)n[nH]c1=S)C1OCCc2ccccc21. The molecule has 126 valence electrons. The largest absolute Gasteiger partial charge is 0.363 e. The molecular formula is C17H20N4O2S. The highest BCUT2D eigenvalue weighted by Crippen LogP contribution is 2.38. The average Bonchev–Trinajstić information content (AvgIpc) is 3.39. The monoisotopic (exact) mass is 344 g/mol. The van der Waals surface area contributed by atoms with Gasteiger partial charge in [-0.15, -0.1) is 0 Å². The predicted octanol–water partition coefficient (Wildman–Crippen LogP) is 2.25. The van der Waals surface area contributed by atoms with E-state index in [-0.39, 0.29) is 5.91 Å². The molecule has 0 radical (unpaired) electrons. The fraction of sp³-hybridized carbons (Fsp3) is 0.471. The van der Waals surface area contributed by atoms with Crippen LogP contribution >= 0.6 is 12.2 Å². The molecule has 0 bridgehead atoms. The third kappa shape index (κ3) is 3.01. The van der Waals surface area contributed by atoms with Crippen LogP contribution in [0.5, 0.6) is 0 Å². The van der Waals surface area contributed by atoms with Crippen molar-refractivity contribution in [3.05, 3.63) is 46.0 Å². The van der Waals surface area contributed by atoms with E-state index >= 15 is 0 Å². The first-order valence-corrected chi connectivity index (χ1v) is 8.77. The Labute approximate surface area is 145 Å². The molecule has 1 aliphatic heterocycles. The van der Waals surface area contributed by atoms with Crippen molar-refractivity contribution >= 4 is 18.1 Å². The van der Waals surface area contributed by atoms with Crippen molar-refractivity contribution < 1.29 is 9.53 Å². The molecule has 1 aromatic heterocycles. The van der Waals surface area contributed by atoms with E-state index in [9.17, 15) is 4.79 Å². The summed E-state index contributed by atoms with van der Waals surface area (Å²) < 4.78 is 8.30. The van der Waals surface area contributed by atoms with Crippen LogP contribution in [-0.2, 0) is 22.5 Å². The average molecular weight is 344 g/mol. The summed E-state index contributed by atoms with van der Waals surface area (Å²) in [5.41, 5.74) is 2.16. The van der Waals surface area contributed by atoms with E-state index in [4.69, 9.17) is 17.0 Å². The van der Waals surface area contributed by atoms with Gasteiger partial charge in [-0.25, -0.2) is 0 Å². The number of fused-ring (bicyclic) bond motifs is 1. The number of carbonyl (C=O) groups is 1. The van der Waals surface area contributed by atoms with Crippen LogP contribution in [0.1, 0.15) is 41.8 Å². The lowest BCUT2D eigenvalue weighted by molar-refractivity contribution is -0.134. The number of hydrogen-bond acceptors (Lipinski definition) is 4. The molecule has 6 nitrogen and oxygen atoms in total. The van der Waals surface area contributed by atoms with Crippen LogP contribution in [0.4, 0.5) is 0 Å². The lowest BCUT2D eigenvalue weighted by Crippen LogP contribution is -2.35. The Morgan fingerprint density at radius 3 is 3.08 bits per heavy atom. The van der Waals surface area contributed by atoms with E-state index in [0.717, 1.165) is 17.8 Å². The topological polar surface area (TPSA) is 71.9 Å². The molecule has 4 rings (SSSR count). The van der Waals surface area contributed by atoms with Crippen molar-refractivity contribution in [3.63, 3.8) is 0 Å². The zero-order valence-corrected chi connectivity index (χ0v) is 14.1. The Hall–Kier alpha value is -1.99. The number of nitrogens with zero attached hydrogens (tertiary/aromatic N) is 2. The van der Waals surface area contributed by atoms with Gasteiger partial charge in [-0.2, -0.15) is 5.10 Å². The van der Waals surface area contributed by atoms with Crippen LogP contribution in [0.3, 0.4) is 0 Å². The number of aromatic amines is 1. The van der Waals surface area contributed by atoms with Crippen LogP contribution in [-0.4, -0.2) is 33.8 Å². The normalized spacial score (nSPS) is 19.8. The van der Waals surface area contributed by atoms with Crippen molar-refractivity contribution in [3.8, 4) is 0 Å². The minimum atomic E-state index is -0.518. The highest BCUT2D eigenvalue weighted by atomic mass is 32.1. The molecule has 1 atom stereocenters. The Kier molecular flexibility index (Phi) is 4.20. The van der Waals surface area contributed by atoms with Gasteiger partial charge in [-0.3, -0.25) is 9.89 Å². The molecule has 2 N–H and O–H groups in total. The van der Waals surface area contributed by atoms with E-state index in [2.05, 4.69) is 21.6 Å². The van der Waals surface area contributed by atoms with Crippen molar-refractivity contribution in [2.45, 2.75) is 37.8 Å². The van der Waals surface area contributed by atoms with Gasteiger partial charge in [0, 0.05) is 19.0 Å².